The molecule has 0 aromatic heterocycles. The Bertz CT molecular complexity index is 693. The smallest absolute Gasteiger partial charge is 0.302 e. The normalized spacial score (nSPS) is 42.9. The molecule has 176 valence electrons. The van der Waals surface area contributed by atoms with Crippen LogP contribution in [-0.4, -0.2) is 12.1 Å². The zero-order chi connectivity index (χ0) is 22.4. The minimum absolute atomic E-state index is 0.115. The Morgan fingerprint density at radius 3 is 2.55 bits per heavy atom. The predicted octanol–water partition coefficient (Wildman–Crippen LogP) is 7.96. The van der Waals surface area contributed by atoms with E-state index in [0.29, 0.717) is 10.8 Å². The Morgan fingerprint density at radius 1 is 1.06 bits per heavy atom. The molecule has 0 saturated heterocycles. The van der Waals surface area contributed by atoms with E-state index < -0.39 is 0 Å². The largest absolute Gasteiger partial charge is 0.462 e. The van der Waals surface area contributed by atoms with Gasteiger partial charge in [-0.15, -0.1) is 0 Å². The number of carbonyl (C=O) groups is 1. The molecule has 0 bridgehead atoms. The molecule has 0 radical (unpaired) electrons. The zero-order valence-corrected chi connectivity index (χ0v) is 21.2. The molecule has 0 heterocycles. The molecule has 0 unspecified atom stereocenters. The molecule has 4 rings (SSSR count). The summed E-state index contributed by atoms with van der Waals surface area (Å²) in [7, 11) is 0. The molecular formula is C29H48O2. The Morgan fingerprint density at radius 2 is 1.84 bits per heavy atom. The third-order valence-electron chi connectivity index (χ3n) is 10.6. The van der Waals surface area contributed by atoms with Crippen molar-refractivity contribution in [3.05, 3.63) is 11.6 Å². The van der Waals surface area contributed by atoms with E-state index >= 15 is 0 Å². The number of hydrogen-bond acceptors (Lipinski definition) is 2. The lowest BCUT2D eigenvalue weighted by atomic mass is 9.47. The first kappa shape index (κ1) is 23.4. The number of hydrogen-bond donors (Lipinski definition) is 0. The van der Waals surface area contributed by atoms with Gasteiger partial charge in [-0.2, -0.15) is 0 Å². The van der Waals surface area contributed by atoms with Crippen LogP contribution in [0.2, 0.25) is 0 Å². The van der Waals surface area contributed by atoms with E-state index in [9.17, 15) is 4.79 Å². The fourth-order valence-corrected chi connectivity index (χ4v) is 8.99. The second-order valence-electron chi connectivity index (χ2n) is 12.8. The van der Waals surface area contributed by atoms with Crippen LogP contribution in [0, 0.1) is 46.3 Å². The molecule has 2 heteroatoms. The van der Waals surface area contributed by atoms with Crippen LogP contribution in [0.5, 0.6) is 0 Å². The van der Waals surface area contributed by atoms with Crippen LogP contribution >= 0.6 is 0 Å². The standard InChI is InChI=1S/C29H48O2/c1-19(2)8-7-9-20(3)25-12-13-26-24-11-10-22-18-23(31-21(4)30)14-16-28(22,5)27(24)15-17-29(25,26)6/h10,19-20,23-27H,7-9,11-18H2,1-6H3/t20-,23+,24-,25-,26-,27-,28+,29+/m0/s1. The molecular weight excluding hydrogens is 380 g/mol. The van der Waals surface area contributed by atoms with Gasteiger partial charge in [-0.25, -0.2) is 0 Å². The summed E-state index contributed by atoms with van der Waals surface area (Å²) in [6.07, 6.45) is 17.2. The first-order valence-electron chi connectivity index (χ1n) is 13.5. The summed E-state index contributed by atoms with van der Waals surface area (Å²) in [5, 5.41) is 0. The molecule has 0 aromatic carbocycles. The summed E-state index contributed by atoms with van der Waals surface area (Å²) in [6, 6.07) is 0. The van der Waals surface area contributed by atoms with Gasteiger partial charge >= 0.3 is 5.97 Å². The minimum atomic E-state index is -0.115. The number of esters is 1. The average Bonchev–Trinajstić information content (AvgIpc) is 3.05. The zero-order valence-electron chi connectivity index (χ0n) is 21.2. The van der Waals surface area contributed by atoms with Gasteiger partial charge in [0.25, 0.3) is 0 Å². The maximum atomic E-state index is 11.5. The molecule has 31 heavy (non-hydrogen) atoms. The van der Waals surface area contributed by atoms with E-state index in [1.165, 1.54) is 57.8 Å². The van der Waals surface area contributed by atoms with Crippen LogP contribution in [0.15, 0.2) is 11.6 Å². The quantitative estimate of drug-likeness (QED) is 0.317. The Kier molecular flexibility index (Phi) is 6.68. The molecule has 0 N–H and O–H groups in total. The topological polar surface area (TPSA) is 26.3 Å². The van der Waals surface area contributed by atoms with Crippen LogP contribution in [-0.2, 0) is 9.53 Å². The highest BCUT2D eigenvalue weighted by Gasteiger charge is 2.59. The van der Waals surface area contributed by atoms with Crippen LogP contribution < -0.4 is 0 Å². The lowest BCUT2D eigenvalue weighted by molar-refractivity contribution is -0.148. The predicted molar refractivity (Wildman–Crippen MR) is 129 cm³/mol. The molecule has 4 aliphatic rings. The average molecular weight is 429 g/mol. The third kappa shape index (κ3) is 4.26. The first-order chi connectivity index (χ1) is 14.6. The van der Waals surface area contributed by atoms with Crippen LogP contribution in [0.1, 0.15) is 112 Å². The molecule has 8 atom stereocenters. The number of ether oxygens (including phenoxy) is 1. The van der Waals surface area contributed by atoms with E-state index in [0.717, 1.165) is 48.3 Å². The molecule has 4 aliphatic carbocycles. The maximum Gasteiger partial charge on any atom is 0.302 e. The van der Waals surface area contributed by atoms with Gasteiger partial charge in [-0.3, -0.25) is 4.79 Å². The van der Waals surface area contributed by atoms with E-state index in [1.807, 2.05) is 0 Å². The highest BCUT2D eigenvalue weighted by Crippen LogP contribution is 2.67. The van der Waals surface area contributed by atoms with Crippen molar-refractivity contribution < 1.29 is 9.53 Å². The third-order valence-corrected chi connectivity index (χ3v) is 10.6. The van der Waals surface area contributed by atoms with E-state index in [4.69, 9.17) is 4.74 Å². The van der Waals surface area contributed by atoms with Crippen molar-refractivity contribution in [3.63, 3.8) is 0 Å². The summed E-state index contributed by atoms with van der Waals surface area (Å²) in [5.74, 6) is 5.19. The summed E-state index contributed by atoms with van der Waals surface area (Å²) in [5.41, 5.74) is 2.53. The molecule has 0 aliphatic heterocycles. The van der Waals surface area contributed by atoms with Crippen molar-refractivity contribution in [3.8, 4) is 0 Å². The number of rotatable bonds is 6. The SMILES string of the molecule is CC(=O)O[C@@H]1CC[C@]2(C)C(=CC[C@H]3[C@@H]4CC[C@@H]([C@@H](C)CCCC(C)C)[C@@]4(C)CC[C@@H]32)C1. The second kappa shape index (κ2) is 8.86. The molecule has 0 aromatic rings. The van der Waals surface area contributed by atoms with Gasteiger partial charge in [-0.1, -0.05) is 65.5 Å². The number of fused-ring (bicyclic) bond motifs is 5. The lowest BCUT2D eigenvalue weighted by Crippen LogP contribution is -2.51. The van der Waals surface area contributed by atoms with E-state index in [-0.39, 0.29) is 12.1 Å². The lowest BCUT2D eigenvalue weighted by Gasteiger charge is -2.58. The summed E-state index contributed by atoms with van der Waals surface area (Å²) in [6.45, 7) is 14.1. The second-order valence-corrected chi connectivity index (χ2v) is 12.8. The Hall–Kier alpha value is -0.790. The van der Waals surface area contributed by atoms with Gasteiger partial charge in [0.15, 0.2) is 0 Å². The van der Waals surface area contributed by atoms with Gasteiger partial charge in [0.1, 0.15) is 6.10 Å². The molecule has 0 amide bonds. The van der Waals surface area contributed by atoms with E-state index in [1.54, 1.807) is 12.5 Å². The van der Waals surface area contributed by atoms with Crippen LogP contribution in [0.4, 0.5) is 0 Å². The fraction of sp³-hybridized carbons (Fsp3) is 0.897. The van der Waals surface area contributed by atoms with Crippen molar-refractivity contribution in [2.75, 3.05) is 0 Å². The van der Waals surface area contributed by atoms with Crippen LogP contribution in [0.3, 0.4) is 0 Å². The maximum absolute atomic E-state index is 11.5. The molecule has 3 fully saturated rings. The molecule has 2 nitrogen and oxygen atoms in total. The number of carbonyl (C=O) groups excluding carboxylic acids is 1. The Labute approximate surface area is 192 Å². The monoisotopic (exact) mass is 428 g/mol. The minimum Gasteiger partial charge on any atom is -0.462 e. The van der Waals surface area contributed by atoms with Gasteiger partial charge in [0.2, 0.25) is 0 Å². The number of allylic oxidation sites excluding steroid dienone is 1. The first-order valence-corrected chi connectivity index (χ1v) is 13.5. The van der Waals surface area contributed by atoms with Gasteiger partial charge in [0, 0.05) is 13.3 Å². The highest BCUT2D eigenvalue weighted by molar-refractivity contribution is 5.66. The Balaban J connectivity index is 1.47. The van der Waals surface area contributed by atoms with Gasteiger partial charge in [-0.05, 0) is 91.3 Å². The van der Waals surface area contributed by atoms with Gasteiger partial charge in [0.05, 0.1) is 0 Å². The van der Waals surface area contributed by atoms with E-state index in [2.05, 4.69) is 40.7 Å². The van der Waals surface area contributed by atoms with Crippen molar-refractivity contribution in [1.82, 2.24) is 0 Å². The summed E-state index contributed by atoms with van der Waals surface area (Å²) < 4.78 is 5.61. The van der Waals surface area contributed by atoms with Crippen LogP contribution in [0.25, 0.3) is 0 Å². The summed E-state index contributed by atoms with van der Waals surface area (Å²) >= 11 is 0. The van der Waals surface area contributed by atoms with Crippen molar-refractivity contribution >= 4 is 5.97 Å². The van der Waals surface area contributed by atoms with Crippen molar-refractivity contribution in [2.24, 2.45) is 46.3 Å². The highest BCUT2D eigenvalue weighted by atomic mass is 16.5. The fourth-order valence-electron chi connectivity index (χ4n) is 8.99. The molecule has 0 spiro atoms. The summed E-state index contributed by atoms with van der Waals surface area (Å²) in [4.78, 5) is 11.5. The van der Waals surface area contributed by atoms with Crippen molar-refractivity contribution in [2.45, 2.75) is 118 Å². The van der Waals surface area contributed by atoms with Gasteiger partial charge < -0.3 is 4.74 Å². The molecule has 3 saturated carbocycles. The van der Waals surface area contributed by atoms with Crippen molar-refractivity contribution in [1.29, 1.82) is 0 Å².